The predicted octanol–water partition coefficient (Wildman–Crippen LogP) is 4.93. The van der Waals surface area contributed by atoms with E-state index in [1.54, 1.807) is 53.2 Å². The third kappa shape index (κ3) is 6.18. The van der Waals surface area contributed by atoms with Crippen molar-refractivity contribution in [3.05, 3.63) is 99.5 Å². The van der Waals surface area contributed by atoms with Crippen LogP contribution in [0.25, 0.3) is 11.0 Å². The van der Waals surface area contributed by atoms with E-state index in [9.17, 15) is 14.3 Å². The van der Waals surface area contributed by atoms with Crippen molar-refractivity contribution in [1.82, 2.24) is 24.4 Å². The van der Waals surface area contributed by atoms with Gasteiger partial charge in [0.25, 0.3) is 0 Å². The first kappa shape index (κ1) is 28.3. The number of fused-ring (bicyclic) bond motifs is 1. The Morgan fingerprint density at radius 3 is 2.79 bits per heavy atom. The standard InChI is InChI=1S/C31H28FN7O3S/c1-20-15-37(17-29-35-26-8-7-22(31(40)41)12-27(26)39(29)16-24-14-34-19-43-24)9-10-38(20)28-3-2-4-30(36-28)42-18-23-6-5-21(13-33)11-25(23)32/h2-8,11-12,14,19-20H,9-10,15-18H2,1H3,(H,40,41)/t20-/m1/s1. The summed E-state index contributed by atoms with van der Waals surface area (Å²) in [4.78, 5) is 31.1. The Bertz CT molecular complexity index is 1820. The van der Waals surface area contributed by atoms with Crippen LogP contribution in [0.5, 0.6) is 5.88 Å². The van der Waals surface area contributed by atoms with Crippen LogP contribution in [-0.2, 0) is 19.7 Å². The minimum atomic E-state index is -0.969. The molecular formula is C31H28FN7O3S. The lowest BCUT2D eigenvalue weighted by Crippen LogP contribution is -2.52. The molecule has 1 aliphatic rings. The summed E-state index contributed by atoms with van der Waals surface area (Å²) in [6.45, 7) is 5.62. The van der Waals surface area contributed by atoms with Gasteiger partial charge in [-0.3, -0.25) is 9.88 Å². The van der Waals surface area contributed by atoms with E-state index in [0.717, 1.165) is 47.2 Å². The first-order valence-electron chi connectivity index (χ1n) is 13.7. The van der Waals surface area contributed by atoms with Gasteiger partial charge in [-0.05, 0) is 43.3 Å². The maximum Gasteiger partial charge on any atom is 0.335 e. The second kappa shape index (κ2) is 12.2. The number of carboxylic acid groups (broad SMARTS) is 1. The molecule has 43 heavy (non-hydrogen) atoms. The lowest BCUT2D eigenvalue weighted by molar-refractivity contribution is 0.0697. The van der Waals surface area contributed by atoms with Gasteiger partial charge in [0, 0.05) is 48.4 Å². The first-order valence-corrected chi connectivity index (χ1v) is 14.6. The minimum absolute atomic E-state index is 0.00776. The van der Waals surface area contributed by atoms with E-state index < -0.39 is 11.8 Å². The number of thiazole rings is 1. The molecule has 2 aromatic carbocycles. The molecule has 218 valence electrons. The Kier molecular flexibility index (Phi) is 8.00. The van der Waals surface area contributed by atoms with Crippen LogP contribution < -0.4 is 9.64 Å². The monoisotopic (exact) mass is 597 g/mol. The predicted molar refractivity (Wildman–Crippen MR) is 160 cm³/mol. The maximum atomic E-state index is 14.3. The van der Waals surface area contributed by atoms with Crippen LogP contribution in [0.1, 0.15) is 39.1 Å². The van der Waals surface area contributed by atoms with E-state index >= 15 is 0 Å². The number of aromatic nitrogens is 4. The van der Waals surface area contributed by atoms with E-state index in [-0.39, 0.29) is 23.8 Å². The number of carboxylic acids is 1. The SMILES string of the molecule is C[C@@H]1CN(Cc2nc3ccc(C(=O)O)cc3n2Cc2cncs2)CCN1c1cccc(OCc2ccc(C#N)cc2F)n1. The number of rotatable bonds is 9. The van der Waals surface area contributed by atoms with Gasteiger partial charge in [-0.15, -0.1) is 11.3 Å². The summed E-state index contributed by atoms with van der Waals surface area (Å²) in [5.41, 5.74) is 4.19. The summed E-state index contributed by atoms with van der Waals surface area (Å²) in [5, 5.41) is 18.5. The molecule has 1 saturated heterocycles. The Hall–Kier alpha value is -4.86. The number of ether oxygens (including phenoxy) is 1. The van der Waals surface area contributed by atoms with E-state index in [1.807, 2.05) is 24.4 Å². The Morgan fingerprint density at radius 2 is 2.05 bits per heavy atom. The molecule has 0 radical (unpaired) electrons. The van der Waals surface area contributed by atoms with Gasteiger partial charge in [0.2, 0.25) is 5.88 Å². The lowest BCUT2D eigenvalue weighted by Gasteiger charge is -2.40. The molecule has 10 nitrogen and oxygen atoms in total. The van der Waals surface area contributed by atoms with Crippen LogP contribution >= 0.6 is 11.3 Å². The van der Waals surface area contributed by atoms with Gasteiger partial charge in [0.05, 0.1) is 46.8 Å². The van der Waals surface area contributed by atoms with Crippen molar-refractivity contribution in [3.63, 3.8) is 0 Å². The highest BCUT2D eigenvalue weighted by atomic mass is 32.1. The largest absolute Gasteiger partial charge is 0.478 e. The summed E-state index contributed by atoms with van der Waals surface area (Å²) in [6.07, 6.45) is 1.83. The fourth-order valence-corrected chi connectivity index (χ4v) is 5.91. The Labute approximate surface area is 251 Å². The minimum Gasteiger partial charge on any atom is -0.478 e. The number of hydrogen-bond acceptors (Lipinski definition) is 9. The molecule has 0 amide bonds. The molecule has 0 saturated carbocycles. The van der Waals surface area contributed by atoms with Crippen LogP contribution in [0.2, 0.25) is 0 Å². The number of nitriles is 1. The maximum absolute atomic E-state index is 14.3. The topological polar surface area (TPSA) is 120 Å². The number of piperazine rings is 1. The van der Waals surface area contributed by atoms with Crippen LogP contribution in [0, 0.1) is 17.1 Å². The number of benzene rings is 2. The average molecular weight is 598 g/mol. The van der Waals surface area contributed by atoms with Gasteiger partial charge in [-0.1, -0.05) is 12.1 Å². The average Bonchev–Trinajstić information content (AvgIpc) is 3.64. The van der Waals surface area contributed by atoms with Crippen molar-refractivity contribution >= 4 is 34.2 Å². The highest BCUT2D eigenvalue weighted by Crippen LogP contribution is 2.25. The number of imidazole rings is 1. The van der Waals surface area contributed by atoms with Crippen molar-refractivity contribution in [3.8, 4) is 11.9 Å². The van der Waals surface area contributed by atoms with Crippen molar-refractivity contribution in [2.75, 3.05) is 24.5 Å². The molecule has 1 N–H and O–H groups in total. The molecule has 1 fully saturated rings. The zero-order chi connectivity index (χ0) is 29.9. The Balaban J connectivity index is 1.15. The molecule has 3 aromatic heterocycles. The summed E-state index contributed by atoms with van der Waals surface area (Å²) >= 11 is 1.55. The third-order valence-electron chi connectivity index (χ3n) is 7.51. The summed E-state index contributed by atoms with van der Waals surface area (Å²) < 4.78 is 22.2. The first-order chi connectivity index (χ1) is 20.9. The van der Waals surface area contributed by atoms with Crippen molar-refractivity contribution in [1.29, 1.82) is 5.26 Å². The lowest BCUT2D eigenvalue weighted by atomic mass is 10.1. The zero-order valence-corrected chi connectivity index (χ0v) is 24.2. The van der Waals surface area contributed by atoms with Gasteiger partial charge in [0.1, 0.15) is 24.1 Å². The number of hydrogen-bond donors (Lipinski definition) is 1. The molecule has 0 unspecified atom stereocenters. The normalized spacial score (nSPS) is 15.5. The zero-order valence-electron chi connectivity index (χ0n) is 23.4. The smallest absolute Gasteiger partial charge is 0.335 e. The van der Waals surface area contributed by atoms with Crippen LogP contribution in [-0.4, -0.2) is 61.2 Å². The van der Waals surface area contributed by atoms with Crippen molar-refractivity contribution in [2.45, 2.75) is 32.7 Å². The van der Waals surface area contributed by atoms with E-state index in [1.165, 1.54) is 6.07 Å². The fourth-order valence-electron chi connectivity index (χ4n) is 5.33. The van der Waals surface area contributed by atoms with Gasteiger partial charge < -0.3 is 19.3 Å². The highest BCUT2D eigenvalue weighted by molar-refractivity contribution is 7.09. The van der Waals surface area contributed by atoms with Crippen LogP contribution in [0.3, 0.4) is 0 Å². The van der Waals surface area contributed by atoms with E-state index in [4.69, 9.17) is 15.0 Å². The van der Waals surface area contributed by atoms with Gasteiger partial charge in [-0.25, -0.2) is 14.2 Å². The van der Waals surface area contributed by atoms with Crippen molar-refractivity contribution < 1.29 is 19.0 Å². The fraction of sp³-hybridized carbons (Fsp3) is 0.258. The Morgan fingerprint density at radius 1 is 1.16 bits per heavy atom. The number of halogens is 1. The second-order valence-electron chi connectivity index (χ2n) is 10.4. The molecule has 4 heterocycles. The summed E-state index contributed by atoms with van der Waals surface area (Å²) in [6, 6.07) is 17.0. The molecule has 0 aliphatic carbocycles. The molecule has 6 rings (SSSR count). The second-order valence-corrected chi connectivity index (χ2v) is 11.4. The van der Waals surface area contributed by atoms with Gasteiger partial charge >= 0.3 is 5.97 Å². The van der Waals surface area contributed by atoms with Gasteiger partial charge in [-0.2, -0.15) is 10.2 Å². The number of nitrogens with zero attached hydrogens (tertiary/aromatic N) is 7. The molecule has 0 bridgehead atoms. The molecule has 1 atom stereocenters. The number of aromatic carboxylic acids is 1. The van der Waals surface area contributed by atoms with Crippen LogP contribution in [0.15, 0.2) is 66.3 Å². The molecule has 0 spiro atoms. The van der Waals surface area contributed by atoms with Gasteiger partial charge in [0.15, 0.2) is 0 Å². The number of pyridine rings is 1. The number of anilines is 1. The summed E-state index contributed by atoms with van der Waals surface area (Å²) in [7, 11) is 0. The van der Waals surface area contributed by atoms with Crippen LogP contribution in [0.4, 0.5) is 10.2 Å². The quantitative estimate of drug-likeness (QED) is 0.252. The van der Waals surface area contributed by atoms with E-state index in [0.29, 0.717) is 24.5 Å². The molecule has 12 heteroatoms. The highest BCUT2D eigenvalue weighted by Gasteiger charge is 2.27. The molecule has 1 aliphatic heterocycles. The third-order valence-corrected chi connectivity index (χ3v) is 8.27. The molecular weight excluding hydrogens is 569 g/mol. The number of carbonyl (C=O) groups is 1. The summed E-state index contributed by atoms with van der Waals surface area (Å²) in [5.74, 6) is 0.596. The van der Waals surface area contributed by atoms with Crippen molar-refractivity contribution in [2.24, 2.45) is 0 Å². The molecule has 5 aromatic rings. The van der Waals surface area contributed by atoms with E-state index in [2.05, 4.69) is 31.3 Å².